The fourth-order valence-electron chi connectivity index (χ4n) is 0.832. The lowest BCUT2D eigenvalue weighted by molar-refractivity contribution is 0.373. The highest BCUT2D eigenvalue weighted by molar-refractivity contribution is 5.41. The lowest BCUT2D eigenvalue weighted by atomic mass is 10.2. The molecule has 0 amide bonds. The normalized spacial score (nSPS) is 9.64. The minimum atomic E-state index is 0.115. The molecule has 0 fully saturated rings. The largest absolute Gasteiger partial charge is 0.504 e. The summed E-state index contributed by atoms with van der Waals surface area (Å²) >= 11 is 0. The van der Waals surface area contributed by atoms with Crippen molar-refractivity contribution in [2.75, 3.05) is 7.11 Å². The van der Waals surface area contributed by atoms with E-state index in [-0.39, 0.29) is 12.3 Å². The van der Waals surface area contributed by atoms with Crippen molar-refractivity contribution >= 4 is 0 Å². The molecule has 3 heteroatoms. The van der Waals surface area contributed by atoms with Crippen LogP contribution < -0.4 is 10.5 Å². The molecule has 0 aromatic heterocycles. The number of nitrogens with one attached hydrogen (secondary N) is 1. The number of phenolic OH excluding ortho intramolecular Hbond substituents is 1. The molecule has 0 heterocycles. The standard InChI is InChI=1S/C8H10NO2/c1-11-8-4-6(5-9)2-3-7(8)10/h2-4,9-10H,5H2,1H3. The zero-order chi connectivity index (χ0) is 8.27. The Morgan fingerprint density at radius 3 is 2.82 bits per heavy atom. The van der Waals surface area contributed by atoms with Crippen molar-refractivity contribution in [3.8, 4) is 11.5 Å². The van der Waals surface area contributed by atoms with Crippen molar-refractivity contribution < 1.29 is 9.84 Å². The molecule has 1 rings (SSSR count). The maximum Gasteiger partial charge on any atom is 0.160 e. The number of aromatic hydroxyl groups is 1. The highest BCUT2D eigenvalue weighted by Gasteiger charge is 2.00. The van der Waals surface area contributed by atoms with Gasteiger partial charge in [0.15, 0.2) is 11.5 Å². The van der Waals surface area contributed by atoms with E-state index in [4.69, 9.17) is 15.6 Å². The highest BCUT2D eigenvalue weighted by atomic mass is 16.5. The molecule has 0 saturated heterocycles. The van der Waals surface area contributed by atoms with Crippen molar-refractivity contribution in [2.45, 2.75) is 6.54 Å². The molecule has 0 aliphatic heterocycles. The SMILES string of the molecule is COc1cc(C[NH])ccc1O. The zero-order valence-electron chi connectivity index (χ0n) is 6.29. The van der Waals surface area contributed by atoms with Crippen molar-refractivity contribution in [3.63, 3.8) is 0 Å². The van der Waals surface area contributed by atoms with E-state index in [9.17, 15) is 0 Å². The zero-order valence-corrected chi connectivity index (χ0v) is 6.29. The molecule has 0 aliphatic rings. The van der Waals surface area contributed by atoms with Gasteiger partial charge >= 0.3 is 0 Å². The minimum absolute atomic E-state index is 0.115. The summed E-state index contributed by atoms with van der Waals surface area (Å²) in [7, 11) is 1.49. The molecule has 59 valence electrons. The van der Waals surface area contributed by atoms with Gasteiger partial charge in [0.05, 0.1) is 7.11 Å². The van der Waals surface area contributed by atoms with Crippen molar-refractivity contribution in [3.05, 3.63) is 23.8 Å². The van der Waals surface area contributed by atoms with Gasteiger partial charge in [0.2, 0.25) is 0 Å². The number of hydrogen-bond donors (Lipinski definition) is 1. The first-order chi connectivity index (χ1) is 5.27. The highest BCUT2D eigenvalue weighted by Crippen LogP contribution is 2.25. The molecule has 1 radical (unpaired) electrons. The van der Waals surface area contributed by atoms with Crippen molar-refractivity contribution in [2.24, 2.45) is 0 Å². The van der Waals surface area contributed by atoms with Crippen LogP contribution >= 0.6 is 0 Å². The maximum absolute atomic E-state index is 9.14. The second-order valence-electron chi connectivity index (χ2n) is 2.18. The molecule has 1 aromatic carbocycles. The summed E-state index contributed by atoms with van der Waals surface area (Å²) in [5.41, 5.74) is 7.88. The van der Waals surface area contributed by atoms with Gasteiger partial charge in [0.25, 0.3) is 0 Å². The van der Waals surface area contributed by atoms with Gasteiger partial charge in [0, 0.05) is 6.54 Å². The van der Waals surface area contributed by atoms with Gasteiger partial charge in [-0.3, -0.25) is 5.73 Å². The number of hydrogen-bond acceptors (Lipinski definition) is 2. The number of rotatable bonds is 2. The number of phenols is 1. The van der Waals surface area contributed by atoms with Crippen LogP contribution in [-0.2, 0) is 6.54 Å². The van der Waals surface area contributed by atoms with Crippen LogP contribution in [0.4, 0.5) is 0 Å². The van der Waals surface area contributed by atoms with E-state index in [0.717, 1.165) is 5.56 Å². The molecule has 0 atom stereocenters. The molecule has 0 unspecified atom stereocenters. The van der Waals surface area contributed by atoms with Crippen LogP contribution in [0.15, 0.2) is 18.2 Å². The first-order valence-electron chi connectivity index (χ1n) is 3.28. The summed E-state index contributed by atoms with van der Waals surface area (Å²) in [6, 6.07) is 4.88. The Hall–Kier alpha value is -1.22. The number of ether oxygens (including phenoxy) is 1. The fourth-order valence-corrected chi connectivity index (χ4v) is 0.832. The van der Waals surface area contributed by atoms with E-state index in [2.05, 4.69) is 0 Å². The van der Waals surface area contributed by atoms with Gasteiger partial charge in [-0.1, -0.05) is 6.07 Å². The van der Waals surface area contributed by atoms with E-state index in [1.807, 2.05) is 0 Å². The summed E-state index contributed by atoms with van der Waals surface area (Å²) in [5.74, 6) is 0.541. The lowest BCUT2D eigenvalue weighted by Gasteiger charge is -2.03. The second-order valence-corrected chi connectivity index (χ2v) is 2.18. The average molecular weight is 152 g/mol. The third-order valence-electron chi connectivity index (χ3n) is 1.45. The molecule has 0 spiro atoms. The topological polar surface area (TPSA) is 53.3 Å². The molecular weight excluding hydrogens is 142 g/mol. The van der Waals surface area contributed by atoms with E-state index in [1.54, 1.807) is 12.1 Å². The minimum Gasteiger partial charge on any atom is -0.504 e. The van der Waals surface area contributed by atoms with E-state index < -0.39 is 0 Å². The van der Waals surface area contributed by atoms with Gasteiger partial charge in [-0.2, -0.15) is 0 Å². The van der Waals surface area contributed by atoms with Crippen molar-refractivity contribution in [1.29, 1.82) is 0 Å². The summed E-state index contributed by atoms with van der Waals surface area (Å²) < 4.78 is 4.85. The Kier molecular flexibility index (Phi) is 2.33. The Balaban J connectivity index is 3.02. The first-order valence-corrected chi connectivity index (χ1v) is 3.28. The molecule has 2 N–H and O–H groups in total. The molecular formula is C8H10NO2. The number of methoxy groups -OCH3 is 1. The third kappa shape index (κ3) is 1.62. The molecule has 11 heavy (non-hydrogen) atoms. The van der Waals surface area contributed by atoms with Crippen molar-refractivity contribution in [1.82, 2.24) is 5.73 Å². The average Bonchev–Trinajstić information content (AvgIpc) is 2.05. The van der Waals surface area contributed by atoms with Crippen LogP contribution in [0.3, 0.4) is 0 Å². The second kappa shape index (κ2) is 3.25. The van der Waals surface area contributed by atoms with E-state index >= 15 is 0 Å². The predicted octanol–water partition coefficient (Wildman–Crippen LogP) is 1.18. The number of benzene rings is 1. The molecule has 3 nitrogen and oxygen atoms in total. The van der Waals surface area contributed by atoms with Crippen LogP contribution in [0.25, 0.3) is 0 Å². The molecule has 0 saturated carbocycles. The van der Waals surface area contributed by atoms with Crippen LogP contribution in [0.5, 0.6) is 11.5 Å². The first kappa shape index (κ1) is 7.88. The third-order valence-corrected chi connectivity index (χ3v) is 1.45. The molecule has 0 bridgehead atoms. The van der Waals surface area contributed by atoms with Gasteiger partial charge in [-0.15, -0.1) is 0 Å². The summed E-state index contributed by atoms with van der Waals surface area (Å²) in [4.78, 5) is 0. The van der Waals surface area contributed by atoms with Gasteiger partial charge in [-0.05, 0) is 17.7 Å². The Bertz CT molecular complexity index is 248. The van der Waals surface area contributed by atoms with Gasteiger partial charge in [-0.25, -0.2) is 0 Å². The summed E-state index contributed by atoms with van der Waals surface area (Å²) in [6.45, 7) is 0.205. The lowest BCUT2D eigenvalue weighted by Crippen LogP contribution is -1.88. The van der Waals surface area contributed by atoms with Crippen LogP contribution in [-0.4, -0.2) is 12.2 Å². The van der Waals surface area contributed by atoms with Crippen LogP contribution in [0.2, 0.25) is 0 Å². The Morgan fingerprint density at radius 1 is 1.55 bits per heavy atom. The monoisotopic (exact) mass is 152 g/mol. The fraction of sp³-hybridized carbons (Fsp3) is 0.250. The Labute approximate surface area is 65.4 Å². The van der Waals surface area contributed by atoms with Gasteiger partial charge < -0.3 is 9.84 Å². The smallest absolute Gasteiger partial charge is 0.160 e. The maximum atomic E-state index is 9.14. The summed E-state index contributed by atoms with van der Waals surface area (Å²) in [6.07, 6.45) is 0. The quantitative estimate of drug-likeness (QED) is 0.691. The van der Waals surface area contributed by atoms with E-state index in [0.29, 0.717) is 5.75 Å². The van der Waals surface area contributed by atoms with Gasteiger partial charge in [0.1, 0.15) is 0 Å². The molecule has 1 aromatic rings. The predicted molar refractivity (Wildman–Crippen MR) is 41.5 cm³/mol. The molecule has 0 aliphatic carbocycles. The summed E-state index contributed by atoms with van der Waals surface area (Å²) in [5, 5.41) is 9.14. The van der Waals surface area contributed by atoms with Crippen LogP contribution in [0.1, 0.15) is 5.56 Å². The van der Waals surface area contributed by atoms with Crippen LogP contribution in [0, 0.1) is 0 Å². The van der Waals surface area contributed by atoms with E-state index in [1.165, 1.54) is 13.2 Å². The Morgan fingerprint density at radius 2 is 2.27 bits per heavy atom.